The third kappa shape index (κ3) is 5.47. The van der Waals surface area contributed by atoms with Crippen LogP contribution in [0.15, 0.2) is 48.0 Å². The van der Waals surface area contributed by atoms with E-state index in [0.29, 0.717) is 6.54 Å². The lowest BCUT2D eigenvalue weighted by molar-refractivity contribution is 0.305. The number of aliphatic imine (C=N–C) groups is 1. The van der Waals surface area contributed by atoms with Crippen LogP contribution in [0.4, 0.5) is 0 Å². The van der Waals surface area contributed by atoms with Gasteiger partial charge in [-0.2, -0.15) is 0 Å². The maximum absolute atomic E-state index is 5.73. The summed E-state index contributed by atoms with van der Waals surface area (Å²) in [6.45, 7) is 1.44. The zero-order valence-electron chi connectivity index (χ0n) is 12.7. The topological polar surface area (TPSA) is 91.5 Å². The van der Waals surface area contributed by atoms with Gasteiger partial charge in [0.1, 0.15) is 5.75 Å². The number of imidazole rings is 1. The molecular formula is C16H23N5O. The van der Waals surface area contributed by atoms with Crippen LogP contribution < -0.4 is 16.2 Å². The quantitative estimate of drug-likeness (QED) is 0.421. The summed E-state index contributed by atoms with van der Waals surface area (Å²) in [5.41, 5.74) is 11.6. The van der Waals surface area contributed by atoms with Crippen molar-refractivity contribution in [2.24, 2.45) is 16.5 Å². The summed E-state index contributed by atoms with van der Waals surface area (Å²) in [6.07, 6.45) is 9.73. The van der Waals surface area contributed by atoms with Crippen molar-refractivity contribution in [2.75, 3.05) is 13.2 Å². The molecule has 0 atom stereocenters. The minimum absolute atomic E-state index is 0.169. The number of hydrogen-bond acceptors (Lipinski definition) is 3. The van der Waals surface area contributed by atoms with Crippen LogP contribution in [0.1, 0.15) is 25.7 Å². The van der Waals surface area contributed by atoms with E-state index in [1.807, 2.05) is 35.0 Å². The molecule has 0 fully saturated rings. The van der Waals surface area contributed by atoms with E-state index in [9.17, 15) is 0 Å². The van der Waals surface area contributed by atoms with Crippen molar-refractivity contribution in [3.05, 3.63) is 43.0 Å². The summed E-state index contributed by atoms with van der Waals surface area (Å²) in [4.78, 5) is 7.99. The Labute approximate surface area is 130 Å². The third-order valence-corrected chi connectivity index (χ3v) is 3.25. The predicted octanol–water partition coefficient (Wildman–Crippen LogP) is 2.08. The summed E-state index contributed by atoms with van der Waals surface area (Å²) in [5, 5.41) is 0. The van der Waals surface area contributed by atoms with Gasteiger partial charge in [-0.15, -0.1) is 0 Å². The molecule has 0 saturated heterocycles. The molecule has 6 heteroatoms. The van der Waals surface area contributed by atoms with E-state index in [1.54, 1.807) is 12.5 Å². The van der Waals surface area contributed by atoms with E-state index in [0.717, 1.165) is 43.7 Å². The average molecular weight is 301 g/mol. The van der Waals surface area contributed by atoms with Gasteiger partial charge in [-0.05, 0) is 43.5 Å². The van der Waals surface area contributed by atoms with Crippen molar-refractivity contribution in [2.45, 2.75) is 25.7 Å². The number of nitrogens with two attached hydrogens (primary N) is 2. The number of ether oxygens (including phenoxy) is 1. The van der Waals surface area contributed by atoms with Gasteiger partial charge in [0.05, 0.1) is 12.9 Å². The largest absolute Gasteiger partial charge is 0.494 e. The summed E-state index contributed by atoms with van der Waals surface area (Å²) in [7, 11) is 0. The van der Waals surface area contributed by atoms with Gasteiger partial charge in [-0.1, -0.05) is 6.42 Å². The fourth-order valence-electron chi connectivity index (χ4n) is 2.09. The first-order chi connectivity index (χ1) is 10.8. The van der Waals surface area contributed by atoms with Crippen LogP contribution in [0.2, 0.25) is 0 Å². The summed E-state index contributed by atoms with van der Waals surface area (Å²) in [5.74, 6) is 1.06. The molecule has 4 N–H and O–H groups in total. The number of nitrogens with zero attached hydrogens (tertiary/aromatic N) is 3. The van der Waals surface area contributed by atoms with Crippen LogP contribution in [-0.4, -0.2) is 28.7 Å². The minimum atomic E-state index is 0.169. The molecule has 6 nitrogen and oxygen atoms in total. The van der Waals surface area contributed by atoms with E-state index < -0.39 is 0 Å². The molecule has 0 radical (unpaired) electrons. The Morgan fingerprint density at radius 1 is 1.09 bits per heavy atom. The first-order valence-corrected chi connectivity index (χ1v) is 7.52. The molecule has 1 aromatic heterocycles. The highest BCUT2D eigenvalue weighted by Gasteiger charge is 1.97. The molecule has 118 valence electrons. The van der Waals surface area contributed by atoms with E-state index in [2.05, 4.69) is 9.98 Å². The van der Waals surface area contributed by atoms with Crippen molar-refractivity contribution in [3.8, 4) is 11.4 Å². The molecule has 2 aromatic rings. The monoisotopic (exact) mass is 301 g/mol. The number of hydrogen-bond donors (Lipinski definition) is 2. The van der Waals surface area contributed by atoms with Crippen LogP contribution in [-0.2, 0) is 0 Å². The molecular weight excluding hydrogens is 278 g/mol. The van der Waals surface area contributed by atoms with Crippen molar-refractivity contribution >= 4 is 5.96 Å². The Hall–Kier alpha value is -2.50. The van der Waals surface area contributed by atoms with Gasteiger partial charge in [0, 0.05) is 24.6 Å². The molecule has 2 rings (SSSR count). The van der Waals surface area contributed by atoms with Crippen molar-refractivity contribution in [3.63, 3.8) is 0 Å². The number of unbranched alkanes of at least 4 members (excludes halogenated alkanes) is 3. The summed E-state index contributed by atoms with van der Waals surface area (Å²) in [6, 6.07) is 8.00. The van der Waals surface area contributed by atoms with Gasteiger partial charge in [0.15, 0.2) is 5.96 Å². The van der Waals surface area contributed by atoms with Crippen molar-refractivity contribution in [1.29, 1.82) is 0 Å². The molecule has 1 heterocycles. The van der Waals surface area contributed by atoms with Crippen LogP contribution in [0.25, 0.3) is 5.69 Å². The third-order valence-electron chi connectivity index (χ3n) is 3.25. The molecule has 0 aliphatic carbocycles. The highest BCUT2D eigenvalue weighted by atomic mass is 16.5. The predicted molar refractivity (Wildman–Crippen MR) is 88.2 cm³/mol. The Morgan fingerprint density at radius 2 is 1.86 bits per heavy atom. The van der Waals surface area contributed by atoms with Crippen LogP contribution >= 0.6 is 0 Å². The van der Waals surface area contributed by atoms with E-state index in [-0.39, 0.29) is 5.96 Å². The zero-order valence-corrected chi connectivity index (χ0v) is 12.7. The molecule has 0 saturated carbocycles. The van der Waals surface area contributed by atoms with Gasteiger partial charge in [0.25, 0.3) is 0 Å². The lowest BCUT2D eigenvalue weighted by Crippen LogP contribution is -2.22. The second kappa shape index (κ2) is 8.71. The fourth-order valence-corrected chi connectivity index (χ4v) is 2.09. The Bertz CT molecular complexity index is 559. The highest BCUT2D eigenvalue weighted by molar-refractivity contribution is 5.75. The van der Waals surface area contributed by atoms with Crippen molar-refractivity contribution in [1.82, 2.24) is 9.55 Å². The number of benzene rings is 1. The Kier molecular flexibility index (Phi) is 6.29. The minimum Gasteiger partial charge on any atom is -0.494 e. The lowest BCUT2D eigenvalue weighted by Gasteiger charge is -2.07. The lowest BCUT2D eigenvalue weighted by atomic mass is 10.2. The van der Waals surface area contributed by atoms with E-state index in [4.69, 9.17) is 16.2 Å². The maximum Gasteiger partial charge on any atom is 0.185 e. The van der Waals surface area contributed by atoms with Gasteiger partial charge in [0.2, 0.25) is 0 Å². The number of aromatic nitrogens is 2. The number of guanidine groups is 1. The van der Waals surface area contributed by atoms with Crippen LogP contribution in [0, 0.1) is 0 Å². The van der Waals surface area contributed by atoms with Crippen LogP contribution in [0.5, 0.6) is 5.75 Å². The molecule has 0 spiro atoms. The average Bonchev–Trinajstić information content (AvgIpc) is 3.04. The van der Waals surface area contributed by atoms with Gasteiger partial charge in [-0.3, -0.25) is 4.99 Å². The second-order valence-corrected chi connectivity index (χ2v) is 5.03. The number of rotatable bonds is 9. The highest BCUT2D eigenvalue weighted by Crippen LogP contribution is 2.15. The summed E-state index contributed by atoms with van der Waals surface area (Å²) < 4.78 is 7.69. The Morgan fingerprint density at radius 3 is 2.55 bits per heavy atom. The normalized spacial score (nSPS) is 10.4. The smallest absolute Gasteiger partial charge is 0.185 e. The van der Waals surface area contributed by atoms with E-state index >= 15 is 0 Å². The molecule has 0 aliphatic rings. The fraction of sp³-hybridized carbons (Fsp3) is 0.375. The molecule has 0 unspecified atom stereocenters. The van der Waals surface area contributed by atoms with E-state index in [1.165, 1.54) is 0 Å². The molecule has 22 heavy (non-hydrogen) atoms. The van der Waals surface area contributed by atoms with Gasteiger partial charge >= 0.3 is 0 Å². The molecule has 0 amide bonds. The first kappa shape index (κ1) is 15.9. The zero-order chi connectivity index (χ0) is 15.6. The SMILES string of the molecule is NC(N)=NCCCCCCOc1ccc(-n2ccnc2)cc1. The second-order valence-electron chi connectivity index (χ2n) is 5.03. The van der Waals surface area contributed by atoms with Crippen molar-refractivity contribution < 1.29 is 4.74 Å². The molecule has 0 aliphatic heterocycles. The Balaban J connectivity index is 1.60. The van der Waals surface area contributed by atoms with Gasteiger partial charge in [-0.25, -0.2) is 4.98 Å². The first-order valence-electron chi connectivity index (χ1n) is 7.52. The van der Waals surface area contributed by atoms with Crippen LogP contribution in [0.3, 0.4) is 0 Å². The summed E-state index contributed by atoms with van der Waals surface area (Å²) >= 11 is 0. The maximum atomic E-state index is 5.73. The molecule has 0 bridgehead atoms. The van der Waals surface area contributed by atoms with Gasteiger partial charge < -0.3 is 20.8 Å². The standard InChI is InChI=1S/C16H23N5O/c17-16(18)20-9-3-1-2-4-12-22-15-7-5-14(6-8-15)21-11-10-19-13-21/h5-8,10-11,13H,1-4,9,12H2,(H4,17,18,20). The molecule has 1 aromatic carbocycles.